The van der Waals surface area contributed by atoms with Crippen molar-refractivity contribution < 1.29 is 19.4 Å². The minimum absolute atomic E-state index is 0.00976. The Hall–Kier alpha value is -2.95. The number of aromatic nitrogens is 1. The molecule has 39 heavy (non-hydrogen) atoms. The number of urea groups is 1. The molecule has 0 aliphatic carbocycles. The van der Waals surface area contributed by atoms with Gasteiger partial charge >= 0.3 is 6.03 Å². The molecule has 4 aromatic rings. The Morgan fingerprint density at radius 1 is 0.974 bits per heavy atom. The van der Waals surface area contributed by atoms with Gasteiger partial charge in [-0.05, 0) is 35.7 Å². The van der Waals surface area contributed by atoms with Gasteiger partial charge in [0, 0.05) is 30.3 Å². The van der Waals surface area contributed by atoms with Gasteiger partial charge in [0.25, 0.3) is 0 Å². The lowest BCUT2D eigenvalue weighted by Crippen LogP contribution is -2.38. The summed E-state index contributed by atoms with van der Waals surface area (Å²) in [6.45, 7) is 5.09. The van der Waals surface area contributed by atoms with E-state index < -0.39 is 6.29 Å². The quantitative estimate of drug-likeness (QED) is 0.210. The van der Waals surface area contributed by atoms with Gasteiger partial charge in [0.15, 0.2) is 10.6 Å². The Labute approximate surface area is 237 Å². The molecule has 2 amide bonds. The lowest BCUT2D eigenvalue weighted by molar-refractivity contribution is -0.268. The van der Waals surface area contributed by atoms with E-state index in [4.69, 9.17) is 14.5 Å². The molecule has 204 valence electrons. The summed E-state index contributed by atoms with van der Waals surface area (Å²) >= 11 is 3.42. The Kier molecular flexibility index (Phi) is 9.16. The fourth-order valence-corrected chi connectivity index (χ4v) is 6.83. The molecule has 0 saturated carbocycles. The van der Waals surface area contributed by atoms with Crippen LogP contribution in [0.25, 0.3) is 10.2 Å². The number of carbonyl (C=O) groups excluding carboxylic acids is 1. The second-order valence-corrected chi connectivity index (χ2v) is 11.8. The summed E-state index contributed by atoms with van der Waals surface area (Å²) < 4.78 is 15.3. The summed E-state index contributed by atoms with van der Waals surface area (Å²) in [6.07, 6.45) is -0.769. The van der Waals surface area contributed by atoms with E-state index in [2.05, 4.69) is 23.6 Å². The molecule has 7 nitrogen and oxygen atoms in total. The number of nitrogens with one attached hydrogen (secondary N) is 2. The number of amides is 2. The van der Waals surface area contributed by atoms with Crippen molar-refractivity contribution >= 4 is 39.3 Å². The molecule has 3 aromatic carbocycles. The van der Waals surface area contributed by atoms with Crippen LogP contribution in [0, 0.1) is 5.92 Å². The number of hydrogen-bond acceptors (Lipinski definition) is 7. The van der Waals surface area contributed by atoms with Crippen LogP contribution >= 0.6 is 23.1 Å². The third-order valence-corrected chi connectivity index (χ3v) is 9.08. The number of rotatable bonds is 9. The molecule has 0 spiro atoms. The molecule has 1 fully saturated rings. The molecule has 0 bridgehead atoms. The van der Waals surface area contributed by atoms with Crippen LogP contribution in [-0.4, -0.2) is 34.5 Å². The van der Waals surface area contributed by atoms with Crippen LogP contribution in [0.5, 0.6) is 0 Å². The number of thiazole rings is 1. The number of ether oxygens (including phenoxy) is 2. The van der Waals surface area contributed by atoms with E-state index in [0.717, 1.165) is 37.9 Å². The first-order valence-corrected chi connectivity index (χ1v) is 14.9. The number of fused-ring (bicyclic) bond motifs is 1. The lowest BCUT2D eigenvalue weighted by Gasteiger charge is -2.41. The predicted molar refractivity (Wildman–Crippen MR) is 156 cm³/mol. The standard InChI is InChI=1S/C30H33N3O4S2/c1-3-31-29(35)32-16-20-8-14-23(15-9-20)28-36-25(18-38-30-33-24-6-4-5-7-26(24)39-30)19(2)27(37-28)22-12-10-21(17-34)11-13-22/h4-15,19,25,27-28,34H,3,16-18H2,1-2H3,(H2,31,32,35). The van der Waals surface area contributed by atoms with Crippen LogP contribution in [0.15, 0.2) is 77.1 Å². The second kappa shape index (κ2) is 12.9. The highest BCUT2D eigenvalue weighted by Crippen LogP contribution is 2.43. The number of hydrogen-bond donors (Lipinski definition) is 3. The van der Waals surface area contributed by atoms with E-state index in [1.54, 1.807) is 23.1 Å². The average Bonchev–Trinajstić information content (AvgIpc) is 3.39. The number of aliphatic hydroxyl groups excluding tert-OH is 1. The molecule has 1 saturated heterocycles. The van der Waals surface area contributed by atoms with E-state index >= 15 is 0 Å². The molecule has 5 rings (SSSR count). The van der Waals surface area contributed by atoms with Crippen LogP contribution in [0.4, 0.5) is 4.79 Å². The first kappa shape index (κ1) is 27.6. The summed E-state index contributed by atoms with van der Waals surface area (Å²) in [6, 6.07) is 23.9. The van der Waals surface area contributed by atoms with E-state index in [1.165, 1.54) is 4.70 Å². The zero-order chi connectivity index (χ0) is 27.2. The zero-order valence-corrected chi connectivity index (χ0v) is 23.6. The van der Waals surface area contributed by atoms with Crippen molar-refractivity contribution in [1.82, 2.24) is 15.6 Å². The summed E-state index contributed by atoms with van der Waals surface area (Å²) in [5.41, 5.74) is 4.87. The lowest BCUT2D eigenvalue weighted by atomic mass is 9.91. The van der Waals surface area contributed by atoms with Crippen molar-refractivity contribution in [3.05, 3.63) is 95.1 Å². The fraction of sp³-hybridized carbons (Fsp3) is 0.333. The molecular weight excluding hydrogens is 530 g/mol. The van der Waals surface area contributed by atoms with E-state index in [0.29, 0.717) is 13.1 Å². The molecule has 9 heteroatoms. The van der Waals surface area contributed by atoms with E-state index in [1.807, 2.05) is 73.7 Å². The van der Waals surface area contributed by atoms with Crippen LogP contribution in [-0.2, 0) is 22.6 Å². The number of para-hydroxylation sites is 1. The first-order chi connectivity index (χ1) is 19.0. The zero-order valence-electron chi connectivity index (χ0n) is 22.0. The second-order valence-electron chi connectivity index (χ2n) is 9.54. The molecule has 0 radical (unpaired) electrons. The monoisotopic (exact) mass is 563 g/mol. The Balaban J connectivity index is 1.33. The normalized spacial score (nSPS) is 21.1. The molecule has 1 aliphatic heterocycles. The predicted octanol–water partition coefficient (Wildman–Crippen LogP) is 6.19. The highest BCUT2D eigenvalue weighted by atomic mass is 32.2. The van der Waals surface area contributed by atoms with Crippen LogP contribution in [0.3, 0.4) is 0 Å². The molecule has 4 unspecified atom stereocenters. The topological polar surface area (TPSA) is 92.7 Å². The van der Waals surface area contributed by atoms with Gasteiger partial charge in [-0.1, -0.05) is 79.3 Å². The van der Waals surface area contributed by atoms with Crippen LogP contribution in [0.1, 0.15) is 48.5 Å². The Bertz CT molecular complexity index is 1340. The van der Waals surface area contributed by atoms with Gasteiger partial charge in [0.05, 0.1) is 29.0 Å². The Morgan fingerprint density at radius 2 is 1.69 bits per heavy atom. The van der Waals surface area contributed by atoms with Gasteiger partial charge in [0.2, 0.25) is 0 Å². The molecular formula is C30H33N3O4S2. The van der Waals surface area contributed by atoms with E-state index in [-0.39, 0.29) is 30.8 Å². The van der Waals surface area contributed by atoms with Crippen LogP contribution < -0.4 is 10.6 Å². The SMILES string of the molecule is CCNC(=O)NCc1ccc(C2OC(CSc3nc4ccccc4s3)C(C)C(c3ccc(CO)cc3)O2)cc1. The van der Waals surface area contributed by atoms with Crippen molar-refractivity contribution in [3.63, 3.8) is 0 Å². The third-order valence-electron chi connectivity index (χ3n) is 6.81. The van der Waals surface area contributed by atoms with Crippen molar-refractivity contribution in [3.8, 4) is 0 Å². The van der Waals surface area contributed by atoms with Crippen molar-refractivity contribution in [2.75, 3.05) is 12.3 Å². The summed E-state index contributed by atoms with van der Waals surface area (Å²) in [5, 5.41) is 15.1. The fourth-order valence-electron chi connectivity index (χ4n) is 4.57. The van der Waals surface area contributed by atoms with Crippen molar-refractivity contribution in [1.29, 1.82) is 0 Å². The smallest absolute Gasteiger partial charge is 0.315 e. The van der Waals surface area contributed by atoms with Gasteiger partial charge in [-0.2, -0.15) is 0 Å². The maximum atomic E-state index is 11.7. The van der Waals surface area contributed by atoms with Gasteiger partial charge in [-0.25, -0.2) is 9.78 Å². The number of benzene rings is 3. The molecule has 3 N–H and O–H groups in total. The van der Waals surface area contributed by atoms with Crippen LogP contribution in [0.2, 0.25) is 0 Å². The molecule has 1 aromatic heterocycles. The van der Waals surface area contributed by atoms with Gasteiger partial charge < -0.3 is 25.2 Å². The van der Waals surface area contributed by atoms with Crippen molar-refractivity contribution in [2.45, 2.75) is 49.8 Å². The number of carbonyl (C=O) groups is 1. The third kappa shape index (κ3) is 6.80. The Morgan fingerprint density at radius 3 is 2.41 bits per heavy atom. The average molecular weight is 564 g/mol. The molecule has 2 heterocycles. The molecule has 1 aliphatic rings. The minimum Gasteiger partial charge on any atom is -0.392 e. The summed E-state index contributed by atoms with van der Waals surface area (Å²) in [4.78, 5) is 16.5. The largest absolute Gasteiger partial charge is 0.392 e. The number of thioether (sulfide) groups is 1. The number of aliphatic hydroxyl groups is 1. The first-order valence-electron chi connectivity index (χ1n) is 13.1. The van der Waals surface area contributed by atoms with Gasteiger partial charge in [0.1, 0.15) is 0 Å². The van der Waals surface area contributed by atoms with Crippen molar-refractivity contribution in [2.24, 2.45) is 5.92 Å². The number of nitrogens with zero attached hydrogens (tertiary/aromatic N) is 1. The maximum absolute atomic E-state index is 11.7. The molecule has 4 atom stereocenters. The van der Waals surface area contributed by atoms with Gasteiger partial charge in [-0.3, -0.25) is 0 Å². The maximum Gasteiger partial charge on any atom is 0.315 e. The highest BCUT2D eigenvalue weighted by Gasteiger charge is 2.38. The summed E-state index contributed by atoms with van der Waals surface area (Å²) in [5.74, 6) is 0.851. The van der Waals surface area contributed by atoms with E-state index in [9.17, 15) is 9.90 Å². The summed E-state index contributed by atoms with van der Waals surface area (Å²) in [7, 11) is 0. The van der Waals surface area contributed by atoms with Gasteiger partial charge in [-0.15, -0.1) is 11.3 Å². The minimum atomic E-state index is -0.532. The highest BCUT2D eigenvalue weighted by molar-refractivity contribution is 8.01.